The first-order valence-electron chi connectivity index (χ1n) is 15.9. The number of carbonyl (C=O) groups is 4. The van der Waals surface area contributed by atoms with Gasteiger partial charge >= 0.3 is 12.1 Å². The van der Waals surface area contributed by atoms with Gasteiger partial charge in [0, 0.05) is 42.2 Å². The molecule has 4 aliphatic rings. The molecule has 1 aromatic carbocycles. The number of aliphatic hydroxyl groups excluding tert-OH is 1. The molecule has 3 N–H and O–H groups in total. The van der Waals surface area contributed by atoms with Crippen molar-refractivity contribution in [3.8, 4) is 0 Å². The Bertz CT molecular complexity index is 1380. The van der Waals surface area contributed by atoms with Gasteiger partial charge in [0.15, 0.2) is 0 Å². The Kier molecular flexibility index (Phi) is 9.88. The van der Waals surface area contributed by atoms with Crippen molar-refractivity contribution in [3.63, 3.8) is 0 Å². The van der Waals surface area contributed by atoms with E-state index in [4.69, 9.17) is 16.3 Å². The molecule has 2 fully saturated rings. The SMILES string of the molecule is CC(C)(C)NC(=O)N=CC1CCCCC/C=C\[C@@H]2C[C@@]2(CO)NC(=O)[C@@H]2C[C@@H](OC(=O)N3Cc4ccc(Cl)cc4C3)CN2C1=O. The van der Waals surface area contributed by atoms with Crippen LogP contribution in [0.25, 0.3) is 0 Å². The van der Waals surface area contributed by atoms with Crippen LogP contribution >= 0.6 is 11.6 Å². The molecule has 11 nitrogen and oxygen atoms in total. The molecule has 1 saturated heterocycles. The molecule has 3 aliphatic heterocycles. The molecule has 5 amide bonds. The van der Waals surface area contributed by atoms with E-state index >= 15 is 0 Å². The zero-order valence-corrected chi connectivity index (χ0v) is 27.0. The number of nitrogens with one attached hydrogen (secondary N) is 2. The summed E-state index contributed by atoms with van der Waals surface area (Å²) in [5.41, 5.74) is 0.680. The fourth-order valence-corrected chi connectivity index (χ4v) is 6.61. The van der Waals surface area contributed by atoms with E-state index in [0.717, 1.165) is 36.8 Å². The van der Waals surface area contributed by atoms with Gasteiger partial charge in [0.2, 0.25) is 11.8 Å². The molecule has 3 heterocycles. The Morgan fingerprint density at radius 2 is 1.98 bits per heavy atom. The number of halogens is 1. The summed E-state index contributed by atoms with van der Waals surface area (Å²) in [6, 6.07) is 4.05. The standard InChI is InChI=1S/C33H44ClN5O6/c1-32(2,3)37-30(43)35-16-21-9-7-5-4-6-8-10-24-15-33(24,20-40)36-28(41)27-14-26(19-39(27)29(21)42)45-31(44)38-17-22-11-12-25(34)13-23(22)18-38/h8,10-13,16,21,24,26-27,40H,4-7,9,14-15,17-20H2,1-3H3,(H,36,41)(H,37,43)/b10-8-,35-16?/t21?,24-,26-,27+,33+/m1/s1. The second-order valence-electron chi connectivity index (χ2n) is 13.8. The minimum Gasteiger partial charge on any atom is -0.444 e. The lowest BCUT2D eigenvalue weighted by Gasteiger charge is -2.28. The minimum absolute atomic E-state index is 0.0160. The number of carbonyl (C=O) groups excluding carboxylic acids is 4. The second kappa shape index (κ2) is 13.5. The van der Waals surface area contributed by atoms with Crippen LogP contribution in [0.1, 0.15) is 76.8 Å². The average molecular weight is 642 g/mol. The molecule has 244 valence electrons. The first-order valence-corrected chi connectivity index (χ1v) is 16.2. The summed E-state index contributed by atoms with van der Waals surface area (Å²) in [4.78, 5) is 60.7. The highest BCUT2D eigenvalue weighted by Gasteiger charge is 2.55. The van der Waals surface area contributed by atoms with E-state index in [1.54, 1.807) is 11.0 Å². The first-order chi connectivity index (χ1) is 21.4. The quantitative estimate of drug-likeness (QED) is 0.331. The molecular formula is C33H44ClN5O6. The van der Waals surface area contributed by atoms with Gasteiger partial charge in [-0.15, -0.1) is 0 Å². The molecule has 0 bridgehead atoms. The number of nitrogens with zero attached hydrogens (tertiary/aromatic N) is 3. The van der Waals surface area contributed by atoms with Crippen LogP contribution in [0.3, 0.4) is 0 Å². The van der Waals surface area contributed by atoms with Crippen LogP contribution in [0.5, 0.6) is 0 Å². The third kappa shape index (κ3) is 8.05. The smallest absolute Gasteiger partial charge is 0.410 e. The Hall–Kier alpha value is -3.44. The number of benzene rings is 1. The first kappa shape index (κ1) is 32.9. The molecule has 1 aromatic rings. The third-order valence-electron chi connectivity index (χ3n) is 8.98. The van der Waals surface area contributed by atoms with Gasteiger partial charge in [-0.2, -0.15) is 0 Å². The Labute approximate surface area is 269 Å². The van der Waals surface area contributed by atoms with Crippen LogP contribution in [-0.2, 0) is 27.4 Å². The van der Waals surface area contributed by atoms with Crippen molar-refractivity contribution in [2.75, 3.05) is 13.2 Å². The summed E-state index contributed by atoms with van der Waals surface area (Å²) < 4.78 is 5.89. The fraction of sp³-hybridized carbons (Fsp3) is 0.606. The van der Waals surface area contributed by atoms with Crippen molar-refractivity contribution in [3.05, 3.63) is 46.5 Å². The molecule has 0 spiro atoms. The van der Waals surface area contributed by atoms with Crippen molar-refractivity contribution in [2.24, 2.45) is 16.8 Å². The predicted octanol–water partition coefficient (Wildman–Crippen LogP) is 4.34. The van der Waals surface area contributed by atoms with Crippen LogP contribution in [0, 0.1) is 11.8 Å². The van der Waals surface area contributed by atoms with Crippen LogP contribution in [-0.4, -0.2) is 81.4 Å². The van der Waals surface area contributed by atoms with Crippen molar-refractivity contribution in [2.45, 2.75) is 102 Å². The van der Waals surface area contributed by atoms with Gasteiger partial charge in [-0.3, -0.25) is 14.5 Å². The summed E-state index contributed by atoms with van der Waals surface area (Å²) in [5, 5.41) is 16.6. The molecule has 1 aliphatic carbocycles. The van der Waals surface area contributed by atoms with Crippen molar-refractivity contribution in [1.29, 1.82) is 0 Å². The lowest BCUT2D eigenvalue weighted by Crippen LogP contribution is -2.52. The van der Waals surface area contributed by atoms with Crippen LogP contribution < -0.4 is 10.6 Å². The number of hydrogen-bond acceptors (Lipinski definition) is 6. The summed E-state index contributed by atoms with van der Waals surface area (Å²) in [7, 11) is 0. The monoisotopic (exact) mass is 641 g/mol. The van der Waals surface area contributed by atoms with E-state index in [2.05, 4.69) is 27.8 Å². The van der Waals surface area contributed by atoms with Gasteiger partial charge in [0.25, 0.3) is 0 Å². The molecule has 45 heavy (non-hydrogen) atoms. The number of ether oxygens (including phenoxy) is 1. The maximum absolute atomic E-state index is 14.1. The minimum atomic E-state index is -0.914. The molecule has 1 saturated carbocycles. The van der Waals surface area contributed by atoms with Crippen LogP contribution in [0.4, 0.5) is 9.59 Å². The van der Waals surface area contributed by atoms with Gasteiger partial charge in [-0.05, 0) is 69.7 Å². The molecule has 1 unspecified atom stereocenters. The predicted molar refractivity (Wildman–Crippen MR) is 170 cm³/mol. The fourth-order valence-electron chi connectivity index (χ4n) is 6.41. The topological polar surface area (TPSA) is 141 Å². The van der Waals surface area contributed by atoms with Crippen molar-refractivity contribution in [1.82, 2.24) is 20.4 Å². The van der Waals surface area contributed by atoms with Gasteiger partial charge in [-0.1, -0.05) is 42.7 Å². The molecule has 5 atom stereocenters. The van der Waals surface area contributed by atoms with Crippen LogP contribution in [0.15, 0.2) is 35.3 Å². The van der Waals surface area contributed by atoms with Crippen molar-refractivity contribution >= 4 is 41.8 Å². The maximum atomic E-state index is 14.1. The van der Waals surface area contributed by atoms with Gasteiger partial charge in [0.05, 0.1) is 24.6 Å². The van der Waals surface area contributed by atoms with Gasteiger partial charge in [-0.25, -0.2) is 14.6 Å². The Morgan fingerprint density at radius 1 is 1.20 bits per heavy atom. The van der Waals surface area contributed by atoms with E-state index in [9.17, 15) is 24.3 Å². The normalized spacial score (nSPS) is 29.6. The molecule has 5 rings (SSSR count). The van der Waals surface area contributed by atoms with Crippen LogP contribution in [0.2, 0.25) is 5.02 Å². The third-order valence-corrected chi connectivity index (χ3v) is 9.21. The number of rotatable bonds is 3. The highest BCUT2D eigenvalue weighted by molar-refractivity contribution is 6.30. The van der Waals surface area contributed by atoms with Gasteiger partial charge < -0.3 is 25.4 Å². The van der Waals surface area contributed by atoms with E-state index in [1.165, 1.54) is 11.1 Å². The highest BCUT2D eigenvalue weighted by Crippen LogP contribution is 2.45. The van der Waals surface area contributed by atoms with Gasteiger partial charge in [0.1, 0.15) is 12.1 Å². The summed E-state index contributed by atoms with van der Waals surface area (Å²) in [6.45, 7) is 6.09. The number of allylic oxidation sites excluding steroid dienone is 1. The Morgan fingerprint density at radius 3 is 2.73 bits per heavy atom. The van der Waals surface area contributed by atoms with E-state index < -0.39 is 47.2 Å². The number of amides is 5. The zero-order chi connectivity index (χ0) is 32.4. The second-order valence-corrected chi connectivity index (χ2v) is 14.2. The molecular weight excluding hydrogens is 598 g/mol. The van der Waals surface area contributed by atoms with E-state index in [1.807, 2.05) is 32.9 Å². The number of aliphatic hydroxyl groups is 1. The number of fused-ring (bicyclic) bond motifs is 3. The largest absolute Gasteiger partial charge is 0.444 e. The van der Waals surface area contributed by atoms with E-state index in [-0.39, 0.29) is 31.4 Å². The molecule has 12 heteroatoms. The average Bonchev–Trinajstić information content (AvgIpc) is 3.27. The van der Waals surface area contributed by atoms with Crippen molar-refractivity contribution < 1.29 is 29.0 Å². The highest BCUT2D eigenvalue weighted by atomic mass is 35.5. The molecule has 0 aromatic heterocycles. The number of urea groups is 1. The molecule has 0 radical (unpaired) electrons. The number of aliphatic imine (C=N–C) groups is 1. The van der Waals surface area contributed by atoms with E-state index in [0.29, 0.717) is 31.0 Å². The lowest BCUT2D eigenvalue weighted by molar-refractivity contribution is -0.140. The zero-order valence-electron chi connectivity index (χ0n) is 26.3. The maximum Gasteiger partial charge on any atom is 0.410 e. The summed E-state index contributed by atoms with van der Waals surface area (Å²) in [6.07, 6.45) is 8.90. The summed E-state index contributed by atoms with van der Waals surface area (Å²) in [5.74, 6) is -1.46. The Balaban J connectivity index is 1.35. The lowest BCUT2D eigenvalue weighted by atomic mass is 9.99. The number of hydrogen-bond donors (Lipinski definition) is 3. The summed E-state index contributed by atoms with van der Waals surface area (Å²) >= 11 is 6.13.